The van der Waals surface area contributed by atoms with Crippen LogP contribution in [0.15, 0.2) is 54.6 Å². The van der Waals surface area contributed by atoms with Crippen molar-refractivity contribution in [3.05, 3.63) is 60.2 Å². The van der Waals surface area contributed by atoms with Gasteiger partial charge >= 0.3 is 0 Å². The Morgan fingerprint density at radius 3 is 2.31 bits per heavy atom. The highest BCUT2D eigenvalue weighted by molar-refractivity contribution is 5.65. The minimum atomic E-state index is -0.567. The van der Waals surface area contributed by atoms with Crippen molar-refractivity contribution in [1.82, 2.24) is 14.7 Å². The lowest BCUT2D eigenvalue weighted by Gasteiger charge is -2.25. The molecule has 1 atom stereocenters. The van der Waals surface area contributed by atoms with E-state index >= 15 is 0 Å². The average Bonchev–Trinajstić information content (AvgIpc) is 3.15. The zero-order valence-corrected chi connectivity index (χ0v) is 21.6. The molecule has 1 aromatic heterocycles. The molecular weight excluding hydrogens is 442 g/mol. The number of aromatic nitrogens is 2. The van der Waals surface area contributed by atoms with E-state index in [9.17, 15) is 5.11 Å². The molecule has 0 saturated carbocycles. The summed E-state index contributed by atoms with van der Waals surface area (Å²) < 4.78 is 19.1. The second-order valence-electron chi connectivity index (χ2n) is 9.22. The minimum absolute atomic E-state index is 0.326. The first-order valence-corrected chi connectivity index (χ1v) is 12.3. The lowest BCUT2D eigenvalue weighted by Crippen LogP contribution is -2.35. The predicted molar refractivity (Wildman–Crippen MR) is 139 cm³/mol. The fraction of sp³-hybridized carbons (Fsp3) is 0.464. The summed E-state index contributed by atoms with van der Waals surface area (Å²) in [6, 6.07) is 17.7. The fourth-order valence-electron chi connectivity index (χ4n) is 3.97. The highest BCUT2D eigenvalue weighted by Crippen LogP contribution is 2.34. The summed E-state index contributed by atoms with van der Waals surface area (Å²) in [6.07, 6.45) is 0.401. The van der Waals surface area contributed by atoms with Gasteiger partial charge in [-0.15, -0.1) is 0 Å². The lowest BCUT2D eigenvalue weighted by molar-refractivity contribution is 0.00685. The molecule has 0 saturated heterocycles. The number of hydrogen-bond donors (Lipinski definition) is 1. The van der Waals surface area contributed by atoms with E-state index in [1.165, 1.54) is 0 Å². The van der Waals surface area contributed by atoms with E-state index in [4.69, 9.17) is 19.3 Å². The molecule has 0 aliphatic heterocycles. The van der Waals surface area contributed by atoms with E-state index in [1.54, 1.807) is 11.8 Å². The smallest absolute Gasteiger partial charge is 0.222 e. The van der Waals surface area contributed by atoms with Crippen LogP contribution in [0.2, 0.25) is 0 Å². The molecule has 35 heavy (non-hydrogen) atoms. The molecule has 7 nitrogen and oxygen atoms in total. The van der Waals surface area contributed by atoms with Crippen molar-refractivity contribution in [2.45, 2.75) is 39.8 Å². The van der Waals surface area contributed by atoms with Crippen LogP contribution in [0, 0.1) is 5.92 Å². The number of methoxy groups -OCH3 is 1. The molecule has 1 heterocycles. The number of aliphatic hydroxyl groups is 1. The number of hydrogen-bond acceptors (Lipinski definition) is 6. The summed E-state index contributed by atoms with van der Waals surface area (Å²) in [4.78, 5) is 2.24. The van der Waals surface area contributed by atoms with Crippen molar-refractivity contribution in [3.63, 3.8) is 0 Å². The third-order valence-corrected chi connectivity index (χ3v) is 5.56. The maximum Gasteiger partial charge on any atom is 0.222 e. The first-order valence-electron chi connectivity index (χ1n) is 12.3. The van der Waals surface area contributed by atoms with Crippen molar-refractivity contribution in [1.29, 1.82) is 0 Å². The molecule has 0 fully saturated rings. The molecular formula is C28H39N3O4. The van der Waals surface area contributed by atoms with Crippen LogP contribution < -0.4 is 9.47 Å². The first kappa shape index (κ1) is 26.7. The number of rotatable bonds is 14. The Labute approximate surface area is 209 Å². The van der Waals surface area contributed by atoms with E-state index < -0.39 is 6.10 Å². The summed E-state index contributed by atoms with van der Waals surface area (Å²) >= 11 is 0. The van der Waals surface area contributed by atoms with Gasteiger partial charge in [0.15, 0.2) is 0 Å². The maximum atomic E-state index is 10.7. The molecule has 1 N–H and O–H groups in total. The molecule has 0 aliphatic carbocycles. The van der Waals surface area contributed by atoms with E-state index in [0.29, 0.717) is 43.9 Å². The Morgan fingerprint density at radius 2 is 1.69 bits per heavy atom. The predicted octanol–water partition coefficient (Wildman–Crippen LogP) is 5.13. The van der Waals surface area contributed by atoms with Gasteiger partial charge in [-0.3, -0.25) is 4.90 Å². The summed E-state index contributed by atoms with van der Waals surface area (Å²) in [5.74, 6) is 2.60. The van der Waals surface area contributed by atoms with Gasteiger partial charge in [-0.25, -0.2) is 4.68 Å². The van der Waals surface area contributed by atoms with Crippen LogP contribution in [0.25, 0.3) is 11.3 Å². The van der Waals surface area contributed by atoms with Crippen LogP contribution in [0.4, 0.5) is 0 Å². The van der Waals surface area contributed by atoms with Gasteiger partial charge in [0.25, 0.3) is 0 Å². The number of benzene rings is 2. The topological polar surface area (TPSA) is 69.0 Å². The van der Waals surface area contributed by atoms with Crippen molar-refractivity contribution in [2.75, 3.05) is 33.4 Å². The van der Waals surface area contributed by atoms with E-state index in [0.717, 1.165) is 35.5 Å². The number of aryl methyl sites for hydroxylation is 1. The summed E-state index contributed by atoms with van der Waals surface area (Å²) in [7, 11) is 3.54. The maximum absolute atomic E-state index is 10.7. The molecule has 190 valence electrons. The van der Waals surface area contributed by atoms with Gasteiger partial charge in [0, 0.05) is 32.3 Å². The summed E-state index contributed by atoms with van der Waals surface area (Å²) in [6.45, 7) is 9.27. The highest BCUT2D eigenvalue weighted by atomic mass is 16.5. The van der Waals surface area contributed by atoms with Gasteiger partial charge in [-0.2, -0.15) is 5.10 Å². The molecule has 0 unspecified atom stereocenters. The van der Waals surface area contributed by atoms with Gasteiger partial charge in [0.1, 0.15) is 17.2 Å². The summed E-state index contributed by atoms with van der Waals surface area (Å²) in [5, 5.41) is 15.5. The monoisotopic (exact) mass is 481 g/mol. The van der Waals surface area contributed by atoms with E-state index in [2.05, 4.69) is 37.8 Å². The number of aliphatic hydroxyl groups excluding tert-OH is 1. The van der Waals surface area contributed by atoms with E-state index in [-0.39, 0.29) is 0 Å². The standard InChI is InChI=1S/C28H39N3O4/c1-6-16-31(17-23(32)20-34-19-21(2)3)18-26-27(22-10-8-7-9-11-22)29-30(4)28(26)35-25-14-12-24(33-5)13-15-25/h7-15,21,23,32H,6,16-20H2,1-5H3/t23-/m0/s1. The van der Waals surface area contributed by atoms with Crippen LogP contribution >= 0.6 is 0 Å². The Morgan fingerprint density at radius 1 is 1.00 bits per heavy atom. The Hall–Kier alpha value is -2.87. The molecule has 2 aromatic carbocycles. The van der Waals surface area contributed by atoms with Gasteiger partial charge in [-0.05, 0) is 43.1 Å². The quantitative estimate of drug-likeness (QED) is 0.344. The molecule has 3 rings (SSSR count). The third kappa shape index (κ3) is 7.82. The molecule has 0 aliphatic rings. The molecule has 0 radical (unpaired) electrons. The number of ether oxygens (including phenoxy) is 3. The SMILES string of the molecule is CCCN(Cc1c(-c2ccccc2)nn(C)c1Oc1ccc(OC)cc1)C[C@H](O)COCC(C)C. The van der Waals surface area contributed by atoms with Crippen molar-refractivity contribution >= 4 is 0 Å². The molecule has 7 heteroatoms. The zero-order valence-electron chi connectivity index (χ0n) is 21.6. The van der Waals surface area contributed by atoms with Crippen LogP contribution in [-0.2, 0) is 18.3 Å². The van der Waals surface area contributed by atoms with Crippen LogP contribution in [0.3, 0.4) is 0 Å². The zero-order chi connectivity index (χ0) is 25.2. The molecule has 0 amide bonds. The van der Waals surface area contributed by atoms with Crippen LogP contribution in [-0.4, -0.2) is 59.3 Å². The second-order valence-corrected chi connectivity index (χ2v) is 9.22. The summed E-state index contributed by atoms with van der Waals surface area (Å²) in [5.41, 5.74) is 2.89. The van der Waals surface area contributed by atoms with Gasteiger partial charge in [0.2, 0.25) is 5.88 Å². The first-order chi connectivity index (χ1) is 16.9. The molecule has 3 aromatic rings. The van der Waals surface area contributed by atoms with Crippen LogP contribution in [0.1, 0.15) is 32.8 Å². The van der Waals surface area contributed by atoms with Crippen molar-refractivity contribution in [2.24, 2.45) is 13.0 Å². The Bertz CT molecular complexity index is 1020. The molecule has 0 bridgehead atoms. The van der Waals surface area contributed by atoms with Gasteiger partial charge in [0.05, 0.1) is 25.4 Å². The van der Waals surface area contributed by atoms with E-state index in [1.807, 2.05) is 49.5 Å². The third-order valence-electron chi connectivity index (χ3n) is 5.56. The minimum Gasteiger partial charge on any atom is -0.497 e. The Balaban J connectivity index is 1.88. The highest BCUT2D eigenvalue weighted by Gasteiger charge is 2.23. The fourth-order valence-corrected chi connectivity index (χ4v) is 3.97. The van der Waals surface area contributed by atoms with Gasteiger partial charge < -0.3 is 19.3 Å². The second kappa shape index (κ2) is 13.3. The normalized spacial score (nSPS) is 12.3. The number of nitrogens with zero attached hydrogens (tertiary/aromatic N) is 3. The average molecular weight is 482 g/mol. The van der Waals surface area contributed by atoms with Gasteiger partial charge in [-0.1, -0.05) is 51.1 Å². The van der Waals surface area contributed by atoms with Crippen molar-refractivity contribution in [3.8, 4) is 28.6 Å². The largest absolute Gasteiger partial charge is 0.497 e. The molecule has 0 spiro atoms. The van der Waals surface area contributed by atoms with Crippen molar-refractivity contribution < 1.29 is 19.3 Å². The lowest BCUT2D eigenvalue weighted by atomic mass is 10.1. The Kier molecular flexibility index (Phi) is 10.1. The van der Waals surface area contributed by atoms with Crippen LogP contribution in [0.5, 0.6) is 17.4 Å².